The van der Waals surface area contributed by atoms with Crippen molar-refractivity contribution in [1.29, 1.82) is 0 Å². The van der Waals surface area contributed by atoms with Crippen molar-refractivity contribution in [2.75, 3.05) is 7.05 Å². The van der Waals surface area contributed by atoms with Crippen LogP contribution in [-0.4, -0.2) is 22.0 Å². The average Bonchev–Trinajstić information content (AvgIpc) is 3.02. The second-order valence-electron chi connectivity index (χ2n) is 4.10. The summed E-state index contributed by atoms with van der Waals surface area (Å²) in [5.41, 5.74) is 3.47. The average molecular weight is 202 g/mol. The zero-order valence-electron chi connectivity index (χ0n) is 8.75. The molecule has 0 unspecified atom stereocenters. The summed E-state index contributed by atoms with van der Waals surface area (Å²) in [6.45, 7) is 0.868. The number of H-pyrrole nitrogens is 1. The van der Waals surface area contributed by atoms with Crippen LogP contribution in [-0.2, 0) is 6.54 Å². The predicted molar refractivity (Wildman–Crippen MR) is 58.6 cm³/mol. The quantitative estimate of drug-likeness (QED) is 0.794. The van der Waals surface area contributed by atoms with Gasteiger partial charge in [-0.05, 0) is 25.5 Å². The molecule has 2 N–H and O–H groups in total. The third-order valence-corrected chi connectivity index (χ3v) is 2.91. The van der Waals surface area contributed by atoms with E-state index in [1.54, 1.807) is 6.33 Å². The lowest BCUT2D eigenvalue weighted by molar-refractivity contribution is 0.821. The summed E-state index contributed by atoms with van der Waals surface area (Å²) in [5, 5.41) is 4.40. The standard InChI is InChI=1S/C11H14N4/c1-12-4-8-5-13-11-9(8)10(7-2-3-7)14-6-15-11/h5-7,12H,2-4H2,1H3,(H,13,14,15). The van der Waals surface area contributed by atoms with E-state index in [4.69, 9.17) is 0 Å². The van der Waals surface area contributed by atoms with Crippen LogP contribution in [0.25, 0.3) is 11.0 Å². The van der Waals surface area contributed by atoms with Gasteiger partial charge in [0.05, 0.1) is 5.69 Å². The fraction of sp³-hybridized carbons (Fsp3) is 0.455. The van der Waals surface area contributed by atoms with Crippen LogP contribution in [0.15, 0.2) is 12.5 Å². The molecule has 0 radical (unpaired) electrons. The highest BCUT2D eigenvalue weighted by atomic mass is 14.9. The molecule has 0 bridgehead atoms. The maximum absolute atomic E-state index is 4.43. The molecular weight excluding hydrogens is 188 g/mol. The Morgan fingerprint density at radius 1 is 1.47 bits per heavy atom. The fourth-order valence-electron chi connectivity index (χ4n) is 2.05. The summed E-state index contributed by atoms with van der Waals surface area (Å²) in [7, 11) is 1.96. The smallest absolute Gasteiger partial charge is 0.141 e. The molecule has 2 heterocycles. The van der Waals surface area contributed by atoms with Crippen molar-refractivity contribution in [3.05, 3.63) is 23.8 Å². The van der Waals surface area contributed by atoms with Gasteiger partial charge in [0.25, 0.3) is 0 Å². The van der Waals surface area contributed by atoms with Gasteiger partial charge < -0.3 is 10.3 Å². The number of hydrogen-bond donors (Lipinski definition) is 2. The van der Waals surface area contributed by atoms with Crippen LogP contribution in [0.3, 0.4) is 0 Å². The minimum atomic E-state index is 0.668. The molecule has 1 fully saturated rings. The molecule has 1 aliphatic carbocycles. The Morgan fingerprint density at radius 2 is 2.33 bits per heavy atom. The van der Waals surface area contributed by atoms with Crippen LogP contribution in [0.4, 0.5) is 0 Å². The molecular formula is C11H14N4. The Balaban J connectivity index is 2.19. The molecule has 4 nitrogen and oxygen atoms in total. The van der Waals surface area contributed by atoms with Gasteiger partial charge in [-0.25, -0.2) is 9.97 Å². The van der Waals surface area contributed by atoms with Crippen molar-refractivity contribution in [2.45, 2.75) is 25.3 Å². The minimum absolute atomic E-state index is 0.668. The summed E-state index contributed by atoms with van der Waals surface area (Å²) >= 11 is 0. The SMILES string of the molecule is CNCc1c[nH]c2ncnc(C3CC3)c12. The van der Waals surface area contributed by atoms with Gasteiger partial charge in [0.15, 0.2) is 0 Å². The topological polar surface area (TPSA) is 53.6 Å². The fourth-order valence-corrected chi connectivity index (χ4v) is 2.05. The third kappa shape index (κ3) is 1.41. The molecule has 2 aromatic rings. The summed E-state index contributed by atoms with van der Waals surface area (Å²) in [5.74, 6) is 0.668. The van der Waals surface area contributed by atoms with E-state index < -0.39 is 0 Å². The number of nitrogens with one attached hydrogen (secondary N) is 2. The molecule has 4 heteroatoms. The number of hydrogen-bond acceptors (Lipinski definition) is 3. The second-order valence-corrected chi connectivity index (χ2v) is 4.10. The Morgan fingerprint density at radius 3 is 3.07 bits per heavy atom. The van der Waals surface area contributed by atoms with E-state index in [-0.39, 0.29) is 0 Å². The normalized spacial score (nSPS) is 16.1. The molecule has 0 spiro atoms. The van der Waals surface area contributed by atoms with Crippen LogP contribution in [0.1, 0.15) is 30.0 Å². The first kappa shape index (κ1) is 8.85. The molecule has 0 aromatic carbocycles. The van der Waals surface area contributed by atoms with Gasteiger partial charge in [-0.3, -0.25) is 0 Å². The first-order chi connectivity index (χ1) is 7.40. The zero-order valence-corrected chi connectivity index (χ0v) is 8.75. The van der Waals surface area contributed by atoms with Gasteiger partial charge >= 0.3 is 0 Å². The summed E-state index contributed by atoms with van der Waals surface area (Å²) in [6.07, 6.45) is 6.24. The molecule has 0 amide bonds. The van der Waals surface area contributed by atoms with Crippen molar-refractivity contribution in [1.82, 2.24) is 20.3 Å². The Kier molecular flexibility index (Phi) is 1.95. The maximum Gasteiger partial charge on any atom is 0.141 e. The maximum atomic E-state index is 4.43. The number of fused-ring (bicyclic) bond motifs is 1. The van der Waals surface area contributed by atoms with E-state index in [9.17, 15) is 0 Å². The number of rotatable bonds is 3. The van der Waals surface area contributed by atoms with Crippen molar-refractivity contribution in [3.8, 4) is 0 Å². The van der Waals surface area contributed by atoms with Gasteiger partial charge in [-0.1, -0.05) is 0 Å². The zero-order chi connectivity index (χ0) is 10.3. The van der Waals surface area contributed by atoms with E-state index in [0.717, 1.165) is 12.2 Å². The summed E-state index contributed by atoms with van der Waals surface area (Å²) in [4.78, 5) is 11.9. The highest BCUT2D eigenvalue weighted by Gasteiger charge is 2.28. The third-order valence-electron chi connectivity index (χ3n) is 2.91. The highest BCUT2D eigenvalue weighted by molar-refractivity contribution is 5.82. The van der Waals surface area contributed by atoms with Crippen molar-refractivity contribution < 1.29 is 0 Å². The minimum Gasteiger partial charge on any atom is -0.346 e. The lowest BCUT2D eigenvalue weighted by Gasteiger charge is -2.02. The first-order valence-electron chi connectivity index (χ1n) is 5.35. The van der Waals surface area contributed by atoms with E-state index in [1.165, 1.54) is 29.5 Å². The van der Waals surface area contributed by atoms with Crippen LogP contribution in [0.2, 0.25) is 0 Å². The highest BCUT2D eigenvalue weighted by Crippen LogP contribution is 2.42. The Labute approximate surface area is 88.1 Å². The van der Waals surface area contributed by atoms with E-state index in [2.05, 4.69) is 20.3 Å². The first-order valence-corrected chi connectivity index (χ1v) is 5.35. The van der Waals surface area contributed by atoms with Gasteiger partial charge in [0.1, 0.15) is 12.0 Å². The molecule has 3 rings (SSSR count). The van der Waals surface area contributed by atoms with E-state index >= 15 is 0 Å². The van der Waals surface area contributed by atoms with E-state index in [1.807, 2.05) is 13.2 Å². The lowest BCUT2D eigenvalue weighted by Crippen LogP contribution is -2.05. The number of aromatic nitrogens is 3. The molecule has 0 atom stereocenters. The molecule has 0 saturated heterocycles. The van der Waals surface area contributed by atoms with Crippen molar-refractivity contribution in [2.24, 2.45) is 0 Å². The Hall–Kier alpha value is -1.42. The van der Waals surface area contributed by atoms with Crippen LogP contribution in [0.5, 0.6) is 0 Å². The van der Waals surface area contributed by atoms with Crippen LogP contribution in [0, 0.1) is 0 Å². The monoisotopic (exact) mass is 202 g/mol. The van der Waals surface area contributed by atoms with E-state index in [0.29, 0.717) is 5.92 Å². The number of aromatic amines is 1. The predicted octanol–water partition coefficient (Wildman–Crippen LogP) is 1.55. The molecule has 15 heavy (non-hydrogen) atoms. The molecule has 0 aliphatic heterocycles. The van der Waals surface area contributed by atoms with Gasteiger partial charge in [-0.2, -0.15) is 0 Å². The Bertz CT molecular complexity index is 484. The summed E-state index contributed by atoms with van der Waals surface area (Å²) < 4.78 is 0. The van der Waals surface area contributed by atoms with Crippen LogP contribution >= 0.6 is 0 Å². The van der Waals surface area contributed by atoms with Gasteiger partial charge in [0, 0.05) is 24.0 Å². The largest absolute Gasteiger partial charge is 0.346 e. The molecule has 2 aromatic heterocycles. The molecule has 1 aliphatic rings. The molecule has 1 saturated carbocycles. The number of nitrogens with zero attached hydrogens (tertiary/aromatic N) is 2. The van der Waals surface area contributed by atoms with Crippen molar-refractivity contribution >= 4 is 11.0 Å². The van der Waals surface area contributed by atoms with Crippen molar-refractivity contribution in [3.63, 3.8) is 0 Å². The lowest BCUT2D eigenvalue weighted by atomic mass is 10.1. The summed E-state index contributed by atoms with van der Waals surface area (Å²) in [6, 6.07) is 0. The molecule has 78 valence electrons. The second kappa shape index (κ2) is 3.31. The van der Waals surface area contributed by atoms with Crippen LogP contribution < -0.4 is 5.32 Å². The van der Waals surface area contributed by atoms with Gasteiger partial charge in [-0.15, -0.1) is 0 Å². The van der Waals surface area contributed by atoms with Gasteiger partial charge in [0.2, 0.25) is 0 Å².